The van der Waals surface area contributed by atoms with E-state index in [-0.39, 0.29) is 0 Å². The molecule has 0 bridgehead atoms. The average Bonchev–Trinajstić information content (AvgIpc) is 2.96. The number of benzene rings is 1. The minimum Gasteiger partial charge on any atom is -0.378 e. The van der Waals surface area contributed by atoms with E-state index in [1.54, 1.807) is 0 Å². The van der Waals surface area contributed by atoms with Gasteiger partial charge in [0.1, 0.15) is 5.82 Å². The Morgan fingerprint density at radius 2 is 2.41 bits per heavy atom. The maximum Gasteiger partial charge on any atom is 0.109 e. The van der Waals surface area contributed by atoms with Gasteiger partial charge in [-0.3, -0.25) is 0 Å². The Morgan fingerprint density at radius 3 is 3.18 bits per heavy atom. The number of nitrogens with two attached hydrogens (primary N) is 1. The molecule has 3 N–H and O–H groups in total. The van der Waals surface area contributed by atoms with E-state index in [0.29, 0.717) is 12.6 Å². The number of imidazole rings is 1. The smallest absolute Gasteiger partial charge is 0.109 e. The van der Waals surface area contributed by atoms with Crippen molar-refractivity contribution in [1.82, 2.24) is 9.97 Å². The second-order valence-corrected chi connectivity index (χ2v) is 4.58. The predicted octanol–water partition coefficient (Wildman–Crippen LogP) is 1.74. The third-order valence-corrected chi connectivity index (χ3v) is 3.28. The van der Waals surface area contributed by atoms with Gasteiger partial charge in [0.05, 0.1) is 17.1 Å². The standard InChI is InChI=1S/C13H17N3O/c14-8-9-3-4-11-12(6-9)16-13(15-11)7-10-2-1-5-17-10/h3-4,6,10H,1-2,5,7-8,14H2,(H,15,16). The molecule has 1 aromatic heterocycles. The average molecular weight is 231 g/mol. The van der Waals surface area contributed by atoms with E-state index in [1.807, 2.05) is 12.1 Å². The van der Waals surface area contributed by atoms with Crippen LogP contribution in [0.1, 0.15) is 24.2 Å². The van der Waals surface area contributed by atoms with E-state index in [2.05, 4.69) is 16.0 Å². The number of aromatic amines is 1. The van der Waals surface area contributed by atoms with Crippen LogP contribution in [0, 0.1) is 0 Å². The Morgan fingerprint density at radius 1 is 1.47 bits per heavy atom. The number of aromatic nitrogens is 2. The second kappa shape index (κ2) is 4.47. The Hall–Kier alpha value is -1.39. The van der Waals surface area contributed by atoms with Gasteiger partial charge >= 0.3 is 0 Å². The molecule has 4 heteroatoms. The van der Waals surface area contributed by atoms with Gasteiger partial charge in [-0.1, -0.05) is 6.07 Å². The van der Waals surface area contributed by atoms with Gasteiger partial charge in [-0.2, -0.15) is 0 Å². The van der Waals surface area contributed by atoms with Crippen molar-refractivity contribution in [2.75, 3.05) is 6.61 Å². The van der Waals surface area contributed by atoms with Gasteiger partial charge < -0.3 is 15.5 Å². The molecule has 2 aromatic rings. The first kappa shape index (κ1) is 10.7. The van der Waals surface area contributed by atoms with Crippen molar-refractivity contribution in [2.45, 2.75) is 31.9 Å². The molecule has 2 heterocycles. The number of fused-ring (bicyclic) bond motifs is 1. The number of H-pyrrole nitrogens is 1. The molecule has 1 aliphatic heterocycles. The minimum absolute atomic E-state index is 0.338. The summed E-state index contributed by atoms with van der Waals surface area (Å²) in [5.74, 6) is 1.01. The van der Waals surface area contributed by atoms with Gasteiger partial charge in [0.2, 0.25) is 0 Å². The summed E-state index contributed by atoms with van der Waals surface area (Å²) in [6.07, 6.45) is 3.53. The summed E-state index contributed by atoms with van der Waals surface area (Å²) in [6, 6.07) is 6.12. The first-order valence-corrected chi connectivity index (χ1v) is 6.14. The fraction of sp³-hybridized carbons (Fsp3) is 0.462. The second-order valence-electron chi connectivity index (χ2n) is 4.58. The fourth-order valence-corrected chi connectivity index (χ4v) is 2.35. The molecular weight excluding hydrogens is 214 g/mol. The summed E-state index contributed by atoms with van der Waals surface area (Å²) in [7, 11) is 0. The van der Waals surface area contributed by atoms with Crippen LogP contribution in [0.5, 0.6) is 0 Å². The lowest BCUT2D eigenvalue weighted by atomic mass is 10.2. The molecule has 1 saturated heterocycles. The van der Waals surface area contributed by atoms with E-state index in [4.69, 9.17) is 10.5 Å². The van der Waals surface area contributed by atoms with E-state index in [9.17, 15) is 0 Å². The molecule has 1 aromatic carbocycles. The summed E-state index contributed by atoms with van der Waals surface area (Å²) >= 11 is 0. The molecule has 0 saturated carbocycles. The summed E-state index contributed by atoms with van der Waals surface area (Å²) in [6.45, 7) is 1.46. The summed E-state index contributed by atoms with van der Waals surface area (Å²) in [5, 5.41) is 0. The number of nitrogens with one attached hydrogen (secondary N) is 1. The third kappa shape index (κ3) is 2.18. The summed E-state index contributed by atoms with van der Waals surface area (Å²) < 4.78 is 5.62. The molecule has 0 amide bonds. The van der Waals surface area contributed by atoms with Crippen molar-refractivity contribution in [3.8, 4) is 0 Å². The van der Waals surface area contributed by atoms with Crippen molar-refractivity contribution >= 4 is 11.0 Å². The van der Waals surface area contributed by atoms with Crippen LogP contribution < -0.4 is 5.73 Å². The highest BCUT2D eigenvalue weighted by Gasteiger charge is 2.17. The van der Waals surface area contributed by atoms with Gasteiger partial charge in [0, 0.05) is 19.6 Å². The van der Waals surface area contributed by atoms with Crippen LogP contribution in [-0.4, -0.2) is 22.7 Å². The maximum absolute atomic E-state index is 5.63. The molecule has 3 rings (SSSR count). The lowest BCUT2D eigenvalue weighted by Gasteiger charge is -2.05. The molecular formula is C13H17N3O. The Bertz CT molecular complexity index is 514. The van der Waals surface area contributed by atoms with Crippen molar-refractivity contribution in [3.05, 3.63) is 29.6 Å². The van der Waals surface area contributed by atoms with E-state index < -0.39 is 0 Å². The maximum atomic E-state index is 5.63. The lowest BCUT2D eigenvalue weighted by Crippen LogP contribution is -2.09. The zero-order valence-electron chi connectivity index (χ0n) is 9.78. The van der Waals surface area contributed by atoms with Crippen molar-refractivity contribution in [1.29, 1.82) is 0 Å². The molecule has 1 unspecified atom stereocenters. The van der Waals surface area contributed by atoms with Crippen molar-refractivity contribution in [2.24, 2.45) is 5.73 Å². The monoisotopic (exact) mass is 231 g/mol. The molecule has 0 radical (unpaired) electrons. The normalized spacial score (nSPS) is 20.2. The van der Waals surface area contributed by atoms with Crippen LogP contribution >= 0.6 is 0 Å². The Kier molecular flexibility index (Phi) is 2.82. The van der Waals surface area contributed by atoms with Gasteiger partial charge in [-0.15, -0.1) is 0 Å². The number of nitrogens with zero attached hydrogens (tertiary/aromatic N) is 1. The van der Waals surface area contributed by atoms with Gasteiger partial charge in [0.25, 0.3) is 0 Å². The van der Waals surface area contributed by atoms with Crippen LogP contribution in [0.3, 0.4) is 0 Å². The quantitative estimate of drug-likeness (QED) is 0.845. The Labute approximate surface area is 100 Å². The zero-order valence-corrected chi connectivity index (χ0v) is 9.78. The van der Waals surface area contributed by atoms with Crippen LogP contribution in [-0.2, 0) is 17.7 Å². The highest BCUT2D eigenvalue weighted by atomic mass is 16.5. The predicted molar refractivity (Wildman–Crippen MR) is 66.7 cm³/mol. The zero-order chi connectivity index (χ0) is 11.7. The topological polar surface area (TPSA) is 63.9 Å². The number of hydrogen-bond acceptors (Lipinski definition) is 3. The largest absolute Gasteiger partial charge is 0.378 e. The minimum atomic E-state index is 0.338. The SMILES string of the molecule is NCc1ccc2nc(CC3CCCO3)[nH]c2c1. The molecule has 1 fully saturated rings. The molecule has 17 heavy (non-hydrogen) atoms. The Balaban J connectivity index is 1.85. The molecule has 1 atom stereocenters. The van der Waals surface area contributed by atoms with Gasteiger partial charge in [0.15, 0.2) is 0 Å². The number of hydrogen-bond donors (Lipinski definition) is 2. The molecule has 4 nitrogen and oxygen atoms in total. The van der Waals surface area contributed by atoms with Crippen molar-refractivity contribution in [3.63, 3.8) is 0 Å². The highest BCUT2D eigenvalue weighted by molar-refractivity contribution is 5.75. The van der Waals surface area contributed by atoms with E-state index in [0.717, 1.165) is 41.9 Å². The van der Waals surface area contributed by atoms with Crippen LogP contribution in [0.4, 0.5) is 0 Å². The summed E-state index contributed by atoms with van der Waals surface area (Å²) in [5.41, 5.74) is 8.83. The third-order valence-electron chi connectivity index (χ3n) is 3.28. The lowest BCUT2D eigenvalue weighted by molar-refractivity contribution is 0.110. The number of rotatable bonds is 3. The number of ether oxygens (including phenoxy) is 1. The van der Waals surface area contributed by atoms with Crippen LogP contribution in [0.15, 0.2) is 18.2 Å². The molecule has 90 valence electrons. The molecule has 0 spiro atoms. The highest BCUT2D eigenvalue weighted by Crippen LogP contribution is 2.19. The fourth-order valence-electron chi connectivity index (χ4n) is 2.35. The van der Waals surface area contributed by atoms with E-state index >= 15 is 0 Å². The van der Waals surface area contributed by atoms with Crippen LogP contribution in [0.25, 0.3) is 11.0 Å². The van der Waals surface area contributed by atoms with Crippen LogP contribution in [0.2, 0.25) is 0 Å². The first-order chi connectivity index (χ1) is 8.35. The molecule has 0 aliphatic carbocycles. The van der Waals surface area contributed by atoms with Gasteiger partial charge in [-0.25, -0.2) is 4.98 Å². The summed E-state index contributed by atoms with van der Waals surface area (Å²) in [4.78, 5) is 7.93. The molecule has 1 aliphatic rings. The van der Waals surface area contributed by atoms with Crippen molar-refractivity contribution < 1.29 is 4.74 Å². The first-order valence-electron chi connectivity index (χ1n) is 6.14. The van der Waals surface area contributed by atoms with Gasteiger partial charge in [-0.05, 0) is 30.5 Å². The van der Waals surface area contributed by atoms with E-state index in [1.165, 1.54) is 6.42 Å².